The van der Waals surface area contributed by atoms with Gasteiger partial charge in [-0.05, 0) is 51.4 Å². The number of rotatable bonds is 70. The van der Waals surface area contributed by atoms with Gasteiger partial charge in [-0.15, -0.1) is 0 Å². The van der Waals surface area contributed by atoms with Crippen LogP contribution in [-0.4, -0.2) is 47.4 Å². The zero-order valence-electron chi connectivity index (χ0n) is 54.6. The summed E-state index contributed by atoms with van der Waals surface area (Å²) in [6, 6.07) is -0.537. The number of aliphatic hydroxyl groups is 2. The Morgan fingerprint density at radius 1 is 0.338 bits per heavy atom. The summed E-state index contributed by atoms with van der Waals surface area (Å²) in [4.78, 5) is 24.6. The van der Waals surface area contributed by atoms with Crippen molar-refractivity contribution in [3.05, 3.63) is 12.2 Å². The summed E-state index contributed by atoms with van der Waals surface area (Å²) in [5.74, 6) is -0.0126. The Morgan fingerprint density at radius 2 is 0.588 bits per heavy atom. The quantitative estimate of drug-likeness (QED) is 0.0320. The predicted molar refractivity (Wildman–Crippen MR) is 352 cm³/mol. The van der Waals surface area contributed by atoms with Gasteiger partial charge >= 0.3 is 5.97 Å². The average molecular weight is 1130 g/mol. The van der Waals surface area contributed by atoms with Gasteiger partial charge in [0.25, 0.3) is 0 Å². The van der Waals surface area contributed by atoms with Crippen molar-refractivity contribution in [3.8, 4) is 0 Å². The maximum Gasteiger partial charge on any atom is 0.305 e. The number of hydrogen-bond acceptors (Lipinski definition) is 5. The first-order chi connectivity index (χ1) is 39.5. The van der Waals surface area contributed by atoms with Crippen LogP contribution in [0.3, 0.4) is 0 Å². The Bertz CT molecular complexity index is 1210. The minimum absolute atomic E-state index is 0.0136. The Balaban J connectivity index is 3.31. The molecule has 0 aliphatic rings. The van der Waals surface area contributed by atoms with Gasteiger partial charge in [0.05, 0.1) is 25.4 Å². The highest BCUT2D eigenvalue weighted by Crippen LogP contribution is 2.20. The summed E-state index contributed by atoms with van der Waals surface area (Å²) in [6.45, 7) is 4.99. The monoisotopic (exact) mass is 1130 g/mol. The molecule has 0 rings (SSSR count). The first-order valence-electron chi connectivity index (χ1n) is 36.9. The van der Waals surface area contributed by atoms with Crippen LogP contribution in [0.2, 0.25) is 0 Å². The molecular formula is C74H145NO5. The molecule has 6 nitrogen and oxygen atoms in total. The Hall–Kier alpha value is -1.40. The molecule has 2 unspecified atom stereocenters. The van der Waals surface area contributed by atoms with Crippen LogP contribution in [0.4, 0.5) is 0 Å². The molecule has 80 heavy (non-hydrogen) atoms. The minimum atomic E-state index is -0.661. The van der Waals surface area contributed by atoms with Gasteiger partial charge in [-0.3, -0.25) is 9.59 Å². The van der Waals surface area contributed by atoms with E-state index in [1.807, 2.05) is 0 Å². The van der Waals surface area contributed by atoms with Gasteiger partial charge in [-0.25, -0.2) is 0 Å². The molecule has 0 aliphatic heterocycles. The number of carbonyl (C=O) groups excluding carboxylic acids is 2. The van der Waals surface area contributed by atoms with Crippen LogP contribution in [0.1, 0.15) is 425 Å². The van der Waals surface area contributed by atoms with E-state index in [4.69, 9.17) is 4.74 Å². The summed E-state index contributed by atoms with van der Waals surface area (Å²) in [6.07, 6.45) is 87.1. The van der Waals surface area contributed by atoms with Crippen LogP contribution < -0.4 is 5.32 Å². The number of ether oxygens (including phenoxy) is 1. The molecule has 6 heteroatoms. The normalized spacial score (nSPS) is 12.5. The summed E-state index contributed by atoms with van der Waals surface area (Å²) >= 11 is 0. The predicted octanol–water partition coefficient (Wildman–Crippen LogP) is 23.9. The molecule has 0 aromatic heterocycles. The van der Waals surface area contributed by atoms with Gasteiger partial charge in [-0.2, -0.15) is 0 Å². The van der Waals surface area contributed by atoms with E-state index >= 15 is 0 Å². The molecule has 3 N–H and O–H groups in total. The molecule has 0 radical (unpaired) electrons. The number of carbonyl (C=O) groups is 2. The first-order valence-corrected chi connectivity index (χ1v) is 36.9. The maximum absolute atomic E-state index is 12.5. The largest absolute Gasteiger partial charge is 0.466 e. The second kappa shape index (κ2) is 70.1. The van der Waals surface area contributed by atoms with Crippen molar-refractivity contribution in [2.75, 3.05) is 13.2 Å². The number of nitrogens with one attached hydrogen (secondary N) is 1. The van der Waals surface area contributed by atoms with Gasteiger partial charge in [0.1, 0.15) is 0 Å². The minimum Gasteiger partial charge on any atom is -0.466 e. The number of allylic oxidation sites excluding steroid dienone is 2. The molecule has 0 heterocycles. The number of unbranched alkanes of at least 4 members (excludes halogenated alkanes) is 57. The molecule has 0 saturated carbocycles. The van der Waals surface area contributed by atoms with Gasteiger partial charge < -0.3 is 20.3 Å². The van der Waals surface area contributed by atoms with E-state index in [9.17, 15) is 19.8 Å². The third-order valence-corrected chi connectivity index (χ3v) is 17.6. The second-order valence-corrected chi connectivity index (χ2v) is 25.6. The van der Waals surface area contributed by atoms with Crippen LogP contribution in [-0.2, 0) is 14.3 Å². The van der Waals surface area contributed by atoms with Crippen molar-refractivity contribution >= 4 is 11.9 Å². The van der Waals surface area contributed by atoms with Gasteiger partial charge in [-0.1, -0.05) is 373 Å². The van der Waals surface area contributed by atoms with Gasteiger partial charge in [0.2, 0.25) is 5.91 Å². The van der Waals surface area contributed by atoms with E-state index in [2.05, 4.69) is 31.3 Å². The zero-order valence-corrected chi connectivity index (χ0v) is 54.6. The molecule has 0 spiro atoms. The third kappa shape index (κ3) is 65.7. The highest BCUT2D eigenvalue weighted by Gasteiger charge is 2.20. The van der Waals surface area contributed by atoms with E-state index in [1.54, 1.807) is 0 Å². The highest BCUT2D eigenvalue weighted by molar-refractivity contribution is 5.76. The van der Waals surface area contributed by atoms with Crippen LogP contribution >= 0.6 is 0 Å². The summed E-state index contributed by atoms with van der Waals surface area (Å²) in [5.41, 5.74) is 0. The Labute approximate surface area is 501 Å². The fourth-order valence-corrected chi connectivity index (χ4v) is 11.9. The van der Waals surface area contributed by atoms with Gasteiger partial charge in [0, 0.05) is 12.8 Å². The standard InChI is InChI=1S/C74H145NO5/c1-3-5-7-9-11-13-15-17-19-36-39-42-46-50-54-58-62-66-72(77)71(70-76)75-73(78)67-63-59-55-51-47-43-40-37-34-32-30-28-26-24-22-20-21-23-25-27-29-31-33-35-38-41-45-49-53-57-61-65-69-80-74(79)68-64-60-56-52-48-44-18-16-14-12-10-8-6-4-2/h16,18,71-72,76-77H,3-15,17,19-70H2,1-2H3,(H,75,78)/b18-16-. The SMILES string of the molecule is CCCCCCC/C=C\CCCCCCCC(=O)OCCCCCCCCCCCCCCCCCCCCCCCCCCCCCCCCCCC(=O)NC(CO)C(O)CCCCCCCCCCCCCCCCCCC. The molecule has 0 aromatic rings. The topological polar surface area (TPSA) is 95.9 Å². The van der Waals surface area contributed by atoms with E-state index < -0.39 is 12.1 Å². The van der Waals surface area contributed by atoms with Crippen molar-refractivity contribution in [3.63, 3.8) is 0 Å². The van der Waals surface area contributed by atoms with E-state index in [0.29, 0.717) is 25.9 Å². The van der Waals surface area contributed by atoms with Crippen molar-refractivity contribution in [2.45, 2.75) is 437 Å². The third-order valence-electron chi connectivity index (χ3n) is 17.6. The second-order valence-electron chi connectivity index (χ2n) is 25.6. The molecule has 2 atom stereocenters. The molecule has 476 valence electrons. The Morgan fingerprint density at radius 3 is 0.887 bits per heavy atom. The smallest absolute Gasteiger partial charge is 0.305 e. The lowest BCUT2D eigenvalue weighted by Crippen LogP contribution is -2.45. The van der Waals surface area contributed by atoms with Crippen LogP contribution in [0.5, 0.6) is 0 Å². The zero-order chi connectivity index (χ0) is 57.8. The van der Waals surface area contributed by atoms with Crippen molar-refractivity contribution in [1.82, 2.24) is 5.32 Å². The molecule has 0 bridgehead atoms. The van der Waals surface area contributed by atoms with E-state index in [0.717, 1.165) is 44.9 Å². The number of esters is 1. The van der Waals surface area contributed by atoms with Gasteiger partial charge in [0.15, 0.2) is 0 Å². The van der Waals surface area contributed by atoms with E-state index in [1.165, 1.54) is 347 Å². The Kier molecular flexibility index (Phi) is 68.9. The van der Waals surface area contributed by atoms with Crippen molar-refractivity contribution in [2.24, 2.45) is 0 Å². The lowest BCUT2D eigenvalue weighted by atomic mass is 10.0. The first kappa shape index (κ1) is 78.6. The number of hydrogen-bond donors (Lipinski definition) is 3. The summed E-state index contributed by atoms with van der Waals surface area (Å²) < 4.78 is 5.49. The number of aliphatic hydroxyl groups excluding tert-OH is 2. The van der Waals surface area contributed by atoms with Crippen LogP contribution in [0.25, 0.3) is 0 Å². The molecule has 1 amide bonds. The van der Waals surface area contributed by atoms with Crippen LogP contribution in [0.15, 0.2) is 12.2 Å². The summed E-state index contributed by atoms with van der Waals surface area (Å²) in [5, 5.41) is 23.4. The highest BCUT2D eigenvalue weighted by atomic mass is 16.5. The van der Waals surface area contributed by atoms with Crippen molar-refractivity contribution < 1.29 is 24.5 Å². The molecular weight excluding hydrogens is 983 g/mol. The average Bonchev–Trinajstić information content (AvgIpc) is 3.46. The summed E-state index contributed by atoms with van der Waals surface area (Å²) in [7, 11) is 0. The molecule has 0 fully saturated rings. The van der Waals surface area contributed by atoms with Crippen molar-refractivity contribution in [1.29, 1.82) is 0 Å². The molecule has 0 aliphatic carbocycles. The fourth-order valence-electron chi connectivity index (χ4n) is 11.9. The van der Waals surface area contributed by atoms with E-state index in [-0.39, 0.29) is 18.5 Å². The maximum atomic E-state index is 12.5. The van der Waals surface area contributed by atoms with Crippen LogP contribution in [0, 0.1) is 0 Å². The molecule has 0 saturated heterocycles. The lowest BCUT2D eigenvalue weighted by molar-refractivity contribution is -0.143. The molecule has 0 aromatic carbocycles. The fraction of sp³-hybridized carbons (Fsp3) is 0.946. The number of amides is 1. The lowest BCUT2D eigenvalue weighted by Gasteiger charge is -2.22.